The van der Waals surface area contributed by atoms with Gasteiger partial charge in [-0.1, -0.05) is 29.8 Å². The molecule has 3 rings (SSSR count). The molecule has 2 aromatic rings. The molecular weight excluding hydrogens is 322 g/mol. The third-order valence-corrected chi connectivity index (χ3v) is 4.39. The number of amides is 3. The minimum absolute atomic E-state index is 0.0689. The molecule has 0 aromatic heterocycles. The number of nitro groups is 1. The van der Waals surface area contributed by atoms with Crippen molar-refractivity contribution in [3.8, 4) is 0 Å². The second kappa shape index (κ2) is 6.01. The summed E-state index contributed by atoms with van der Waals surface area (Å²) in [5.74, 6) is -0.382. The van der Waals surface area contributed by atoms with Crippen LogP contribution in [0, 0.1) is 17.0 Å². The van der Waals surface area contributed by atoms with Gasteiger partial charge in [0.25, 0.3) is 11.6 Å². The highest BCUT2D eigenvalue weighted by atomic mass is 16.6. The first-order valence-electron chi connectivity index (χ1n) is 7.76. The standard InChI is InChI=1S/C18H17N3O4/c1-12-3-5-13(6-4-12)11-20-16(22)18(2,19-17(20)23)14-7-9-15(10-8-14)21(24)25/h3-10H,11H2,1-2H3,(H,19,23). The van der Waals surface area contributed by atoms with E-state index in [0.717, 1.165) is 16.0 Å². The Balaban J connectivity index is 1.86. The number of carbonyl (C=O) groups excluding carboxylic acids is 2. The van der Waals surface area contributed by atoms with Crippen LogP contribution in [0.4, 0.5) is 10.5 Å². The van der Waals surface area contributed by atoms with Crippen molar-refractivity contribution in [1.82, 2.24) is 10.2 Å². The number of imide groups is 1. The molecule has 7 heteroatoms. The van der Waals surface area contributed by atoms with Gasteiger partial charge in [-0.05, 0) is 37.1 Å². The van der Waals surface area contributed by atoms with Crippen LogP contribution in [0.15, 0.2) is 48.5 Å². The van der Waals surface area contributed by atoms with E-state index in [-0.39, 0.29) is 18.1 Å². The van der Waals surface area contributed by atoms with Crippen molar-refractivity contribution < 1.29 is 14.5 Å². The predicted octanol–water partition coefficient (Wildman–Crippen LogP) is 2.87. The third-order valence-electron chi connectivity index (χ3n) is 4.39. The number of benzene rings is 2. The average molecular weight is 339 g/mol. The van der Waals surface area contributed by atoms with Gasteiger partial charge in [0.15, 0.2) is 0 Å². The Labute approximate surface area is 144 Å². The van der Waals surface area contributed by atoms with Crippen LogP contribution in [0.1, 0.15) is 23.6 Å². The topological polar surface area (TPSA) is 92.6 Å². The summed E-state index contributed by atoms with van der Waals surface area (Å²) < 4.78 is 0. The lowest BCUT2D eigenvalue weighted by molar-refractivity contribution is -0.384. The fourth-order valence-corrected chi connectivity index (χ4v) is 2.83. The van der Waals surface area contributed by atoms with E-state index in [1.54, 1.807) is 6.92 Å². The number of urea groups is 1. The summed E-state index contributed by atoms with van der Waals surface area (Å²) in [6, 6.07) is 12.7. The number of non-ortho nitro benzene ring substituents is 1. The van der Waals surface area contributed by atoms with Crippen molar-refractivity contribution in [3.05, 3.63) is 75.3 Å². The number of nitro benzene ring substituents is 1. The first-order valence-corrected chi connectivity index (χ1v) is 7.76. The number of hydrogen-bond acceptors (Lipinski definition) is 4. The predicted molar refractivity (Wildman–Crippen MR) is 90.7 cm³/mol. The Morgan fingerprint density at radius 2 is 1.68 bits per heavy atom. The van der Waals surface area contributed by atoms with Gasteiger partial charge in [0.2, 0.25) is 0 Å². The van der Waals surface area contributed by atoms with E-state index in [4.69, 9.17) is 0 Å². The zero-order valence-corrected chi connectivity index (χ0v) is 13.9. The van der Waals surface area contributed by atoms with Crippen LogP contribution in [0.2, 0.25) is 0 Å². The maximum atomic E-state index is 12.8. The molecule has 1 atom stereocenters. The van der Waals surface area contributed by atoms with Gasteiger partial charge in [-0.2, -0.15) is 0 Å². The minimum Gasteiger partial charge on any atom is -0.319 e. The fourth-order valence-electron chi connectivity index (χ4n) is 2.83. The Hall–Kier alpha value is -3.22. The summed E-state index contributed by atoms with van der Waals surface area (Å²) >= 11 is 0. The smallest absolute Gasteiger partial charge is 0.319 e. The van der Waals surface area contributed by atoms with Crippen molar-refractivity contribution in [2.45, 2.75) is 25.9 Å². The van der Waals surface area contributed by atoms with E-state index < -0.39 is 16.5 Å². The van der Waals surface area contributed by atoms with Gasteiger partial charge in [-0.3, -0.25) is 19.8 Å². The number of aryl methyl sites for hydroxylation is 1. The molecular formula is C18H17N3O4. The van der Waals surface area contributed by atoms with Gasteiger partial charge in [-0.25, -0.2) is 4.79 Å². The van der Waals surface area contributed by atoms with Gasteiger partial charge >= 0.3 is 6.03 Å². The van der Waals surface area contributed by atoms with Crippen LogP contribution >= 0.6 is 0 Å². The first-order chi connectivity index (χ1) is 11.8. The van der Waals surface area contributed by atoms with Crippen molar-refractivity contribution in [3.63, 3.8) is 0 Å². The first kappa shape index (κ1) is 16.6. The molecule has 1 saturated heterocycles. The van der Waals surface area contributed by atoms with E-state index in [2.05, 4.69) is 5.32 Å². The lowest BCUT2D eigenvalue weighted by Gasteiger charge is -2.22. The Kier molecular flexibility index (Phi) is 4.00. The molecule has 128 valence electrons. The molecule has 1 fully saturated rings. The van der Waals surface area contributed by atoms with Crippen LogP contribution in [0.25, 0.3) is 0 Å². The highest BCUT2D eigenvalue weighted by Gasteiger charge is 2.48. The molecule has 3 amide bonds. The number of nitrogens with one attached hydrogen (secondary N) is 1. The van der Waals surface area contributed by atoms with Crippen molar-refractivity contribution in [2.75, 3.05) is 0 Å². The molecule has 0 spiro atoms. The van der Waals surface area contributed by atoms with Crippen LogP contribution in [0.3, 0.4) is 0 Å². The van der Waals surface area contributed by atoms with Gasteiger partial charge in [0.1, 0.15) is 5.54 Å². The van der Waals surface area contributed by atoms with Crippen LogP contribution < -0.4 is 5.32 Å². The molecule has 2 aromatic carbocycles. The normalized spacial score (nSPS) is 19.8. The zero-order valence-electron chi connectivity index (χ0n) is 13.9. The Morgan fingerprint density at radius 3 is 2.24 bits per heavy atom. The molecule has 1 unspecified atom stereocenters. The highest BCUT2D eigenvalue weighted by Crippen LogP contribution is 2.30. The SMILES string of the molecule is Cc1ccc(CN2C(=O)NC(C)(c3ccc([N+](=O)[O-])cc3)C2=O)cc1. The Morgan fingerprint density at radius 1 is 1.08 bits per heavy atom. The monoisotopic (exact) mass is 339 g/mol. The van der Waals surface area contributed by atoms with E-state index in [1.165, 1.54) is 24.3 Å². The van der Waals surface area contributed by atoms with E-state index in [0.29, 0.717) is 5.56 Å². The largest absolute Gasteiger partial charge is 0.325 e. The number of rotatable bonds is 4. The lowest BCUT2D eigenvalue weighted by Crippen LogP contribution is -2.40. The molecule has 0 aliphatic carbocycles. The highest BCUT2D eigenvalue weighted by molar-refractivity contribution is 6.07. The number of carbonyl (C=O) groups is 2. The fraction of sp³-hybridized carbons (Fsp3) is 0.222. The quantitative estimate of drug-likeness (QED) is 0.526. The maximum Gasteiger partial charge on any atom is 0.325 e. The molecule has 1 heterocycles. The summed E-state index contributed by atoms with van der Waals surface area (Å²) in [4.78, 5) is 36.6. The van der Waals surface area contributed by atoms with Crippen molar-refractivity contribution in [1.29, 1.82) is 0 Å². The average Bonchev–Trinajstić information content (AvgIpc) is 2.81. The number of nitrogens with zero attached hydrogens (tertiary/aromatic N) is 2. The molecule has 7 nitrogen and oxygen atoms in total. The molecule has 0 radical (unpaired) electrons. The Bertz CT molecular complexity index is 846. The summed E-state index contributed by atoms with van der Waals surface area (Å²) in [5, 5.41) is 13.5. The van der Waals surface area contributed by atoms with Crippen molar-refractivity contribution in [2.24, 2.45) is 0 Å². The zero-order chi connectivity index (χ0) is 18.2. The summed E-state index contributed by atoms with van der Waals surface area (Å²) in [6.07, 6.45) is 0. The van der Waals surface area contributed by atoms with E-state index >= 15 is 0 Å². The number of hydrogen-bond donors (Lipinski definition) is 1. The molecule has 25 heavy (non-hydrogen) atoms. The molecule has 0 saturated carbocycles. The van der Waals surface area contributed by atoms with Crippen LogP contribution in [-0.4, -0.2) is 21.8 Å². The van der Waals surface area contributed by atoms with Crippen LogP contribution in [0.5, 0.6) is 0 Å². The van der Waals surface area contributed by atoms with E-state index in [1.807, 2.05) is 31.2 Å². The van der Waals surface area contributed by atoms with Gasteiger partial charge in [-0.15, -0.1) is 0 Å². The third kappa shape index (κ3) is 2.96. The molecule has 1 aliphatic heterocycles. The van der Waals surface area contributed by atoms with E-state index in [9.17, 15) is 19.7 Å². The second-order valence-electron chi connectivity index (χ2n) is 6.24. The van der Waals surface area contributed by atoms with Crippen molar-refractivity contribution >= 4 is 17.6 Å². The summed E-state index contributed by atoms with van der Waals surface area (Å²) in [5.41, 5.74) is 1.14. The molecule has 1 aliphatic rings. The molecule has 1 N–H and O–H groups in total. The van der Waals surface area contributed by atoms with Gasteiger partial charge in [0, 0.05) is 12.1 Å². The maximum absolute atomic E-state index is 12.8. The van der Waals surface area contributed by atoms with Gasteiger partial charge < -0.3 is 5.32 Å². The van der Waals surface area contributed by atoms with Gasteiger partial charge in [0.05, 0.1) is 11.5 Å². The lowest BCUT2D eigenvalue weighted by atomic mass is 9.92. The van der Waals surface area contributed by atoms with Crippen LogP contribution in [-0.2, 0) is 16.9 Å². The molecule has 0 bridgehead atoms. The summed E-state index contributed by atoms with van der Waals surface area (Å²) in [7, 11) is 0. The second-order valence-corrected chi connectivity index (χ2v) is 6.24. The minimum atomic E-state index is -1.24. The summed E-state index contributed by atoms with van der Waals surface area (Å²) in [6.45, 7) is 3.74.